The molecule has 0 spiro atoms. The second-order valence-electron chi connectivity index (χ2n) is 4.03. The Morgan fingerprint density at radius 1 is 1.33 bits per heavy atom. The SMILES string of the molecule is [C-]#[N+]CC(=O)NNC(=S)Nc1cc(C)cc(C(F)(F)F)c1. The van der Waals surface area contributed by atoms with Crippen LogP contribution in [0.2, 0.25) is 0 Å². The highest BCUT2D eigenvalue weighted by molar-refractivity contribution is 7.80. The minimum atomic E-state index is -4.46. The molecule has 0 radical (unpaired) electrons. The van der Waals surface area contributed by atoms with E-state index in [0.717, 1.165) is 12.1 Å². The summed E-state index contributed by atoms with van der Waals surface area (Å²) in [5.41, 5.74) is 4.17. The van der Waals surface area contributed by atoms with Crippen LogP contribution in [0.25, 0.3) is 4.85 Å². The maximum Gasteiger partial charge on any atom is 0.416 e. The number of hydrogen-bond acceptors (Lipinski definition) is 2. The number of halogens is 3. The average Bonchev–Trinajstić information content (AvgIpc) is 2.35. The van der Waals surface area contributed by atoms with Gasteiger partial charge in [-0.05, 0) is 42.9 Å². The number of anilines is 1. The van der Waals surface area contributed by atoms with E-state index >= 15 is 0 Å². The van der Waals surface area contributed by atoms with Crippen molar-refractivity contribution < 1.29 is 18.0 Å². The fourth-order valence-corrected chi connectivity index (χ4v) is 1.59. The van der Waals surface area contributed by atoms with Crippen molar-refractivity contribution in [3.63, 3.8) is 0 Å². The molecule has 1 aromatic rings. The first kappa shape index (κ1) is 16.7. The molecule has 9 heteroatoms. The van der Waals surface area contributed by atoms with E-state index in [2.05, 4.69) is 21.0 Å². The molecule has 112 valence electrons. The van der Waals surface area contributed by atoms with E-state index < -0.39 is 17.6 Å². The van der Waals surface area contributed by atoms with Gasteiger partial charge in [-0.1, -0.05) is 0 Å². The number of nitrogens with zero attached hydrogens (tertiary/aromatic N) is 1. The zero-order valence-corrected chi connectivity index (χ0v) is 11.7. The minimum Gasteiger partial charge on any atom is -0.331 e. The predicted octanol–water partition coefficient (Wildman–Crippen LogP) is 2.25. The van der Waals surface area contributed by atoms with Crippen molar-refractivity contribution in [1.29, 1.82) is 0 Å². The van der Waals surface area contributed by atoms with Crippen molar-refractivity contribution >= 4 is 28.9 Å². The minimum absolute atomic E-state index is 0.0907. The highest BCUT2D eigenvalue weighted by Crippen LogP contribution is 2.31. The molecule has 21 heavy (non-hydrogen) atoms. The predicted molar refractivity (Wildman–Crippen MR) is 75.1 cm³/mol. The number of hydrogen-bond donors (Lipinski definition) is 3. The second-order valence-corrected chi connectivity index (χ2v) is 4.44. The molecule has 0 saturated heterocycles. The molecule has 0 aliphatic heterocycles. The van der Waals surface area contributed by atoms with E-state index in [0.29, 0.717) is 5.56 Å². The lowest BCUT2D eigenvalue weighted by Crippen LogP contribution is -2.44. The fourth-order valence-electron chi connectivity index (χ4n) is 1.42. The molecule has 0 bridgehead atoms. The Bertz CT molecular complexity index is 595. The Hall–Kier alpha value is -2.34. The molecule has 1 aromatic carbocycles. The largest absolute Gasteiger partial charge is 0.416 e. The van der Waals surface area contributed by atoms with Crippen LogP contribution in [0.1, 0.15) is 11.1 Å². The Kier molecular flexibility index (Phi) is 5.49. The topological polar surface area (TPSA) is 57.5 Å². The first-order chi connectivity index (χ1) is 9.72. The normalized spacial score (nSPS) is 10.4. The molecule has 1 amide bonds. The molecule has 0 aromatic heterocycles. The maximum atomic E-state index is 12.7. The molecule has 0 saturated carbocycles. The number of benzene rings is 1. The molecule has 0 heterocycles. The quantitative estimate of drug-likeness (QED) is 0.445. The third kappa shape index (κ3) is 5.66. The number of hydrazine groups is 1. The molecule has 3 N–H and O–H groups in total. The summed E-state index contributed by atoms with van der Waals surface area (Å²) >= 11 is 4.82. The number of nitrogens with one attached hydrogen (secondary N) is 3. The monoisotopic (exact) mass is 316 g/mol. The molecular weight excluding hydrogens is 305 g/mol. The molecular formula is C12H11F3N4OS. The number of thiocarbonyl (C=S) groups is 1. The number of amides is 1. The van der Waals surface area contributed by atoms with Gasteiger partial charge in [-0.25, -0.2) is 6.57 Å². The second kappa shape index (κ2) is 6.90. The van der Waals surface area contributed by atoms with Gasteiger partial charge in [0.25, 0.3) is 6.54 Å². The van der Waals surface area contributed by atoms with Crippen LogP contribution in [-0.4, -0.2) is 17.6 Å². The van der Waals surface area contributed by atoms with Gasteiger partial charge in [-0.3, -0.25) is 15.6 Å². The Labute approximate surface area is 124 Å². The van der Waals surface area contributed by atoms with E-state index in [1.165, 1.54) is 13.0 Å². The van der Waals surface area contributed by atoms with Crippen LogP contribution in [0.4, 0.5) is 18.9 Å². The first-order valence-corrected chi connectivity index (χ1v) is 6.01. The van der Waals surface area contributed by atoms with Crippen LogP contribution in [0.5, 0.6) is 0 Å². The lowest BCUT2D eigenvalue weighted by Gasteiger charge is -2.13. The standard InChI is InChI=1S/C12H11F3N4OS/c1-7-3-8(12(13,14)15)5-9(4-7)17-11(21)19-18-10(20)6-16-2/h3-5H,6H2,1H3,(H,18,20)(H2,17,19,21). The van der Waals surface area contributed by atoms with Gasteiger partial charge in [-0.2, -0.15) is 13.2 Å². The summed E-state index contributed by atoms with van der Waals surface area (Å²) in [7, 11) is 0. The highest BCUT2D eigenvalue weighted by atomic mass is 32.1. The summed E-state index contributed by atoms with van der Waals surface area (Å²) in [6, 6.07) is 3.39. The van der Waals surface area contributed by atoms with Gasteiger partial charge in [0, 0.05) is 5.69 Å². The van der Waals surface area contributed by atoms with Crippen LogP contribution >= 0.6 is 12.2 Å². The molecule has 1 rings (SSSR count). The van der Waals surface area contributed by atoms with E-state index in [4.69, 9.17) is 18.8 Å². The van der Waals surface area contributed by atoms with Gasteiger partial charge in [0.1, 0.15) is 0 Å². The Morgan fingerprint density at radius 3 is 2.57 bits per heavy atom. The number of carbonyl (C=O) groups is 1. The van der Waals surface area contributed by atoms with Crippen molar-refractivity contribution in [2.75, 3.05) is 11.9 Å². The molecule has 0 unspecified atom stereocenters. The van der Waals surface area contributed by atoms with Crippen LogP contribution in [0.3, 0.4) is 0 Å². The molecule has 0 aliphatic rings. The van der Waals surface area contributed by atoms with E-state index in [-0.39, 0.29) is 17.3 Å². The van der Waals surface area contributed by atoms with Gasteiger partial charge >= 0.3 is 12.1 Å². The summed E-state index contributed by atoms with van der Waals surface area (Å²) < 4.78 is 38.0. The van der Waals surface area contributed by atoms with Crippen molar-refractivity contribution in [3.8, 4) is 0 Å². The summed E-state index contributed by atoms with van der Waals surface area (Å²) in [5, 5.41) is 2.43. The van der Waals surface area contributed by atoms with Gasteiger partial charge < -0.3 is 10.2 Å². The lowest BCUT2D eigenvalue weighted by atomic mass is 10.1. The molecule has 0 fully saturated rings. The summed E-state index contributed by atoms with van der Waals surface area (Å²) in [6.45, 7) is 7.63. The molecule has 0 atom stereocenters. The number of carbonyl (C=O) groups excluding carboxylic acids is 1. The van der Waals surface area contributed by atoms with Crippen LogP contribution in [0, 0.1) is 13.5 Å². The van der Waals surface area contributed by atoms with Crippen LogP contribution in [0.15, 0.2) is 18.2 Å². The van der Waals surface area contributed by atoms with Crippen molar-refractivity contribution in [1.82, 2.24) is 10.9 Å². The van der Waals surface area contributed by atoms with Gasteiger partial charge in [0.15, 0.2) is 5.11 Å². The van der Waals surface area contributed by atoms with Gasteiger partial charge in [-0.15, -0.1) is 0 Å². The third-order valence-electron chi connectivity index (χ3n) is 2.20. The Balaban J connectivity index is 2.71. The summed E-state index contributed by atoms with van der Waals surface area (Å²) in [6.07, 6.45) is -4.46. The van der Waals surface area contributed by atoms with Crippen molar-refractivity contribution in [3.05, 3.63) is 40.7 Å². The average molecular weight is 316 g/mol. The summed E-state index contributed by atoms with van der Waals surface area (Å²) in [5.74, 6) is -0.602. The van der Waals surface area contributed by atoms with Crippen molar-refractivity contribution in [2.45, 2.75) is 13.1 Å². The van der Waals surface area contributed by atoms with E-state index in [9.17, 15) is 18.0 Å². The van der Waals surface area contributed by atoms with Gasteiger partial charge in [0.2, 0.25) is 0 Å². The Morgan fingerprint density at radius 2 is 2.00 bits per heavy atom. The first-order valence-electron chi connectivity index (χ1n) is 5.60. The van der Waals surface area contributed by atoms with E-state index in [1.54, 1.807) is 0 Å². The zero-order chi connectivity index (χ0) is 16.0. The molecule has 0 aliphatic carbocycles. The third-order valence-corrected chi connectivity index (χ3v) is 2.40. The highest BCUT2D eigenvalue weighted by Gasteiger charge is 2.30. The smallest absolute Gasteiger partial charge is 0.331 e. The molecule has 5 nitrogen and oxygen atoms in total. The van der Waals surface area contributed by atoms with Gasteiger partial charge in [0.05, 0.1) is 5.56 Å². The van der Waals surface area contributed by atoms with Crippen LogP contribution < -0.4 is 16.2 Å². The zero-order valence-electron chi connectivity index (χ0n) is 10.8. The maximum absolute atomic E-state index is 12.7. The van der Waals surface area contributed by atoms with Crippen LogP contribution in [-0.2, 0) is 11.0 Å². The number of rotatable bonds is 2. The summed E-state index contributed by atoms with van der Waals surface area (Å²) in [4.78, 5) is 13.9. The van der Waals surface area contributed by atoms with Crippen molar-refractivity contribution in [2.24, 2.45) is 0 Å². The van der Waals surface area contributed by atoms with E-state index in [1.807, 2.05) is 0 Å². The lowest BCUT2D eigenvalue weighted by molar-refractivity contribution is -0.137. The number of alkyl halides is 3. The fraction of sp³-hybridized carbons (Fsp3) is 0.250. The number of aryl methyl sites for hydroxylation is 1.